The van der Waals surface area contributed by atoms with Crippen molar-refractivity contribution in [2.24, 2.45) is 13.0 Å². The van der Waals surface area contributed by atoms with Crippen LogP contribution in [0.1, 0.15) is 37.5 Å². The smallest absolute Gasteiger partial charge is 0.243 e. The van der Waals surface area contributed by atoms with E-state index in [1.165, 1.54) is 0 Å². The van der Waals surface area contributed by atoms with Gasteiger partial charge in [-0.15, -0.1) is 0 Å². The molecule has 1 aliphatic carbocycles. The number of imidazole rings is 1. The standard InChI is InChI=1S/C17H23N5O3/c1-19-8-7-18-16(19)15-12(5-6-13(23)20(15)2)17(25)21-9-14(24)22(10-21)11-3-4-11/h7-8,11-12,15H,3-6,9-10H2,1-2H3/t12-,15-/m0/s1. The number of rotatable bonds is 3. The molecule has 25 heavy (non-hydrogen) atoms. The lowest BCUT2D eigenvalue weighted by Crippen LogP contribution is -2.48. The number of aromatic nitrogens is 2. The Morgan fingerprint density at radius 3 is 2.56 bits per heavy atom. The molecule has 3 aliphatic rings. The van der Waals surface area contributed by atoms with Crippen molar-refractivity contribution in [1.29, 1.82) is 0 Å². The Bertz CT molecular complexity index is 726. The van der Waals surface area contributed by atoms with Crippen molar-refractivity contribution in [2.45, 2.75) is 37.8 Å². The van der Waals surface area contributed by atoms with Crippen molar-refractivity contribution in [2.75, 3.05) is 20.3 Å². The summed E-state index contributed by atoms with van der Waals surface area (Å²) in [5, 5.41) is 0. The SMILES string of the molecule is CN1C(=O)CC[C@H](C(=O)N2CC(=O)N(C3CC3)C2)[C@H]1c1nccn1C. The summed E-state index contributed by atoms with van der Waals surface area (Å²) < 4.78 is 1.85. The number of hydrogen-bond donors (Lipinski definition) is 0. The van der Waals surface area contributed by atoms with Crippen LogP contribution in [0.25, 0.3) is 0 Å². The second kappa shape index (κ2) is 5.86. The van der Waals surface area contributed by atoms with E-state index in [4.69, 9.17) is 0 Å². The summed E-state index contributed by atoms with van der Waals surface area (Å²) in [6.45, 7) is 0.528. The first-order valence-electron chi connectivity index (χ1n) is 8.78. The topological polar surface area (TPSA) is 78.8 Å². The van der Waals surface area contributed by atoms with Gasteiger partial charge in [0, 0.05) is 39.0 Å². The monoisotopic (exact) mass is 345 g/mol. The fourth-order valence-corrected chi connectivity index (χ4v) is 3.97. The summed E-state index contributed by atoms with van der Waals surface area (Å²) >= 11 is 0. The van der Waals surface area contributed by atoms with Crippen molar-refractivity contribution in [3.63, 3.8) is 0 Å². The summed E-state index contributed by atoms with van der Waals surface area (Å²) in [6.07, 6.45) is 6.40. The van der Waals surface area contributed by atoms with E-state index in [1.54, 1.807) is 23.0 Å². The molecule has 3 amide bonds. The number of nitrogens with zero attached hydrogens (tertiary/aromatic N) is 5. The zero-order valence-corrected chi connectivity index (χ0v) is 14.6. The second-order valence-electron chi connectivity index (χ2n) is 7.26. The Morgan fingerprint density at radius 2 is 1.92 bits per heavy atom. The number of likely N-dealkylation sites (tertiary alicyclic amines) is 1. The molecule has 2 atom stereocenters. The number of carbonyl (C=O) groups is 3. The van der Waals surface area contributed by atoms with E-state index in [0.717, 1.165) is 12.8 Å². The van der Waals surface area contributed by atoms with Crippen LogP contribution in [0.2, 0.25) is 0 Å². The van der Waals surface area contributed by atoms with Crippen LogP contribution in [-0.2, 0) is 21.4 Å². The van der Waals surface area contributed by atoms with Gasteiger partial charge in [-0.05, 0) is 19.3 Å². The molecule has 2 aliphatic heterocycles. The third-order valence-corrected chi connectivity index (χ3v) is 5.57. The van der Waals surface area contributed by atoms with Gasteiger partial charge in [0.2, 0.25) is 17.7 Å². The Balaban J connectivity index is 1.58. The number of aryl methyl sites for hydroxylation is 1. The van der Waals surface area contributed by atoms with Crippen molar-refractivity contribution in [1.82, 2.24) is 24.3 Å². The Kier molecular flexibility index (Phi) is 3.77. The molecule has 1 aromatic rings. The molecule has 0 radical (unpaired) electrons. The van der Waals surface area contributed by atoms with Crippen LogP contribution in [-0.4, -0.2) is 68.3 Å². The molecule has 1 saturated carbocycles. The lowest BCUT2D eigenvalue weighted by Gasteiger charge is -2.39. The van der Waals surface area contributed by atoms with Crippen LogP contribution >= 0.6 is 0 Å². The maximum Gasteiger partial charge on any atom is 0.243 e. The zero-order chi connectivity index (χ0) is 17.7. The van der Waals surface area contributed by atoms with Gasteiger partial charge in [-0.2, -0.15) is 0 Å². The van der Waals surface area contributed by atoms with E-state index in [9.17, 15) is 14.4 Å². The first kappa shape index (κ1) is 16.1. The molecule has 2 saturated heterocycles. The molecule has 0 N–H and O–H groups in total. The van der Waals surface area contributed by atoms with Crippen LogP contribution in [0.3, 0.4) is 0 Å². The minimum absolute atomic E-state index is 0.0224. The molecule has 0 spiro atoms. The molecule has 1 aromatic heterocycles. The summed E-state index contributed by atoms with van der Waals surface area (Å²) in [5.41, 5.74) is 0. The average molecular weight is 345 g/mol. The third-order valence-electron chi connectivity index (χ3n) is 5.57. The predicted octanol–water partition coefficient (Wildman–Crippen LogP) is 0.120. The maximum atomic E-state index is 13.2. The van der Waals surface area contributed by atoms with Gasteiger partial charge in [0.05, 0.1) is 12.6 Å². The Labute approximate surface area is 146 Å². The fraction of sp³-hybridized carbons (Fsp3) is 0.647. The highest BCUT2D eigenvalue weighted by atomic mass is 16.2. The highest BCUT2D eigenvalue weighted by molar-refractivity contribution is 5.90. The fourth-order valence-electron chi connectivity index (χ4n) is 3.97. The van der Waals surface area contributed by atoms with Crippen molar-refractivity contribution >= 4 is 17.7 Å². The molecule has 134 valence electrons. The second-order valence-corrected chi connectivity index (χ2v) is 7.26. The molecule has 0 bridgehead atoms. The van der Waals surface area contributed by atoms with E-state index < -0.39 is 0 Å². The van der Waals surface area contributed by atoms with E-state index in [0.29, 0.717) is 31.4 Å². The Morgan fingerprint density at radius 1 is 1.16 bits per heavy atom. The van der Waals surface area contributed by atoms with Gasteiger partial charge in [-0.25, -0.2) is 4.98 Å². The molecule has 3 fully saturated rings. The minimum atomic E-state index is -0.390. The van der Waals surface area contributed by atoms with Gasteiger partial charge >= 0.3 is 0 Å². The van der Waals surface area contributed by atoms with Crippen molar-refractivity contribution < 1.29 is 14.4 Å². The molecule has 0 unspecified atom stereocenters. The van der Waals surface area contributed by atoms with Crippen molar-refractivity contribution in [3.8, 4) is 0 Å². The van der Waals surface area contributed by atoms with Crippen LogP contribution < -0.4 is 0 Å². The lowest BCUT2D eigenvalue weighted by molar-refractivity contribution is -0.147. The highest BCUT2D eigenvalue weighted by Crippen LogP contribution is 2.37. The summed E-state index contributed by atoms with van der Waals surface area (Å²) in [4.78, 5) is 47.0. The van der Waals surface area contributed by atoms with E-state index in [-0.39, 0.29) is 36.2 Å². The number of hydrogen-bond acceptors (Lipinski definition) is 4. The number of amides is 3. The van der Waals surface area contributed by atoms with Crippen LogP contribution in [0.4, 0.5) is 0 Å². The summed E-state index contributed by atoms with van der Waals surface area (Å²) in [5.74, 6) is 0.344. The molecule has 8 heteroatoms. The van der Waals surface area contributed by atoms with Crippen LogP contribution in [0.5, 0.6) is 0 Å². The van der Waals surface area contributed by atoms with Gasteiger partial charge < -0.3 is 19.3 Å². The van der Waals surface area contributed by atoms with Crippen LogP contribution in [0.15, 0.2) is 12.4 Å². The number of carbonyl (C=O) groups excluding carboxylic acids is 3. The van der Waals surface area contributed by atoms with Crippen molar-refractivity contribution in [3.05, 3.63) is 18.2 Å². The lowest BCUT2D eigenvalue weighted by atomic mass is 9.87. The van der Waals surface area contributed by atoms with Crippen LogP contribution in [0, 0.1) is 5.92 Å². The van der Waals surface area contributed by atoms with E-state index >= 15 is 0 Å². The molecule has 8 nitrogen and oxygen atoms in total. The quantitative estimate of drug-likeness (QED) is 0.779. The molecule has 3 heterocycles. The molecular weight excluding hydrogens is 322 g/mol. The summed E-state index contributed by atoms with van der Waals surface area (Å²) in [7, 11) is 3.59. The zero-order valence-electron chi connectivity index (χ0n) is 14.6. The highest BCUT2D eigenvalue weighted by Gasteiger charge is 2.46. The average Bonchev–Trinajstić information content (AvgIpc) is 3.23. The van der Waals surface area contributed by atoms with Gasteiger partial charge in [0.25, 0.3) is 0 Å². The normalized spacial score (nSPS) is 27.4. The van der Waals surface area contributed by atoms with Gasteiger partial charge in [-0.3, -0.25) is 14.4 Å². The molecule has 4 rings (SSSR count). The van der Waals surface area contributed by atoms with E-state index in [1.807, 2.05) is 22.7 Å². The first-order chi connectivity index (χ1) is 12.0. The summed E-state index contributed by atoms with van der Waals surface area (Å²) in [6, 6.07) is -0.0786. The van der Waals surface area contributed by atoms with Gasteiger partial charge in [0.15, 0.2) is 0 Å². The number of piperidine rings is 1. The first-order valence-corrected chi connectivity index (χ1v) is 8.78. The predicted molar refractivity (Wildman–Crippen MR) is 87.9 cm³/mol. The maximum absolute atomic E-state index is 13.2. The van der Waals surface area contributed by atoms with Gasteiger partial charge in [0.1, 0.15) is 18.4 Å². The van der Waals surface area contributed by atoms with Gasteiger partial charge in [-0.1, -0.05) is 0 Å². The minimum Gasteiger partial charge on any atom is -0.336 e. The molecule has 0 aromatic carbocycles. The van der Waals surface area contributed by atoms with E-state index in [2.05, 4.69) is 4.98 Å². The third kappa shape index (κ3) is 2.69. The molecular formula is C17H23N5O3. The largest absolute Gasteiger partial charge is 0.336 e. The Hall–Kier alpha value is -2.38.